The van der Waals surface area contributed by atoms with Crippen molar-refractivity contribution in [2.75, 3.05) is 6.61 Å². The van der Waals surface area contributed by atoms with Gasteiger partial charge in [0.1, 0.15) is 6.10 Å². The van der Waals surface area contributed by atoms with E-state index in [1.54, 1.807) is 31.3 Å². The van der Waals surface area contributed by atoms with Crippen LogP contribution in [0, 0.1) is 0 Å². The van der Waals surface area contributed by atoms with E-state index in [1.807, 2.05) is 12.1 Å². The van der Waals surface area contributed by atoms with Gasteiger partial charge in [0, 0.05) is 11.6 Å². The minimum absolute atomic E-state index is 0.155. The van der Waals surface area contributed by atoms with Crippen molar-refractivity contribution in [3.8, 4) is 0 Å². The quantitative estimate of drug-likeness (QED) is 0.808. The highest BCUT2D eigenvalue weighted by atomic mass is 16.5. The number of carbonyl (C=O) groups excluding carboxylic acids is 1. The maximum absolute atomic E-state index is 11.4. The third kappa shape index (κ3) is 2.89. The molecular formula is C14H15NO4. The van der Waals surface area contributed by atoms with Gasteiger partial charge in [-0.05, 0) is 24.6 Å². The van der Waals surface area contributed by atoms with E-state index in [-0.39, 0.29) is 6.61 Å². The van der Waals surface area contributed by atoms with E-state index in [9.17, 15) is 15.0 Å². The predicted octanol–water partition coefficient (Wildman–Crippen LogP) is 1.19. The first-order chi connectivity index (χ1) is 9.13. The molecule has 1 aromatic heterocycles. The molecule has 0 fully saturated rings. The van der Waals surface area contributed by atoms with Crippen LogP contribution in [-0.4, -0.2) is 33.9 Å². The number of hydrogen-bond acceptors (Lipinski definition) is 5. The number of fused-ring (bicyclic) bond motifs is 1. The molecule has 2 unspecified atom stereocenters. The van der Waals surface area contributed by atoms with E-state index in [2.05, 4.69) is 9.72 Å². The normalized spacial score (nSPS) is 14.1. The van der Waals surface area contributed by atoms with Crippen LogP contribution in [0.15, 0.2) is 36.5 Å². The molecule has 0 saturated carbocycles. The van der Waals surface area contributed by atoms with Gasteiger partial charge >= 0.3 is 5.97 Å². The number of aliphatic hydroxyl groups excluding tert-OH is 2. The smallest absolute Gasteiger partial charge is 0.338 e. The van der Waals surface area contributed by atoms with E-state index in [4.69, 9.17) is 0 Å². The average Bonchev–Trinajstić information content (AvgIpc) is 2.45. The first-order valence-corrected chi connectivity index (χ1v) is 6.01. The van der Waals surface area contributed by atoms with Gasteiger partial charge in [-0.1, -0.05) is 18.2 Å². The van der Waals surface area contributed by atoms with E-state index in [0.29, 0.717) is 11.1 Å². The number of ether oxygens (including phenoxy) is 1. The van der Waals surface area contributed by atoms with Gasteiger partial charge in [-0.3, -0.25) is 4.98 Å². The SMILES string of the molecule is CCOC(=O)C(O)C(O)c1ccc2cccnc2c1. The molecule has 0 radical (unpaired) electrons. The average molecular weight is 261 g/mol. The Morgan fingerprint density at radius 3 is 2.89 bits per heavy atom. The van der Waals surface area contributed by atoms with Gasteiger partial charge in [-0.2, -0.15) is 0 Å². The second-order valence-electron chi connectivity index (χ2n) is 4.10. The molecule has 0 aliphatic rings. The summed E-state index contributed by atoms with van der Waals surface area (Å²) in [6.07, 6.45) is -1.29. The molecule has 1 aromatic carbocycles. The maximum atomic E-state index is 11.4. The van der Waals surface area contributed by atoms with Crippen molar-refractivity contribution in [2.24, 2.45) is 0 Å². The van der Waals surface area contributed by atoms with Gasteiger partial charge in [0.05, 0.1) is 12.1 Å². The molecule has 19 heavy (non-hydrogen) atoms. The van der Waals surface area contributed by atoms with Crippen molar-refractivity contribution >= 4 is 16.9 Å². The van der Waals surface area contributed by atoms with Crippen LogP contribution in [0.3, 0.4) is 0 Å². The molecule has 2 N–H and O–H groups in total. The van der Waals surface area contributed by atoms with Crippen LogP contribution in [0.25, 0.3) is 10.9 Å². The summed E-state index contributed by atoms with van der Waals surface area (Å²) in [5.41, 5.74) is 1.11. The highest BCUT2D eigenvalue weighted by molar-refractivity contribution is 5.80. The molecule has 0 amide bonds. The number of aliphatic hydroxyl groups is 2. The molecule has 100 valence electrons. The highest BCUT2D eigenvalue weighted by Crippen LogP contribution is 2.21. The third-order valence-corrected chi connectivity index (χ3v) is 2.80. The number of hydrogen-bond donors (Lipinski definition) is 2. The zero-order valence-electron chi connectivity index (χ0n) is 10.5. The van der Waals surface area contributed by atoms with Crippen LogP contribution in [0.5, 0.6) is 0 Å². The molecule has 0 spiro atoms. The Morgan fingerprint density at radius 1 is 1.37 bits per heavy atom. The predicted molar refractivity (Wildman–Crippen MR) is 69.3 cm³/mol. The molecule has 0 bridgehead atoms. The zero-order chi connectivity index (χ0) is 13.8. The van der Waals surface area contributed by atoms with Crippen LogP contribution in [0.4, 0.5) is 0 Å². The third-order valence-electron chi connectivity index (χ3n) is 2.80. The second-order valence-corrected chi connectivity index (χ2v) is 4.10. The van der Waals surface area contributed by atoms with E-state index in [0.717, 1.165) is 5.39 Å². The zero-order valence-corrected chi connectivity index (χ0v) is 10.5. The lowest BCUT2D eigenvalue weighted by Gasteiger charge is -2.16. The number of rotatable bonds is 4. The first-order valence-electron chi connectivity index (χ1n) is 6.01. The summed E-state index contributed by atoms with van der Waals surface area (Å²) in [6.45, 7) is 1.79. The molecule has 2 aromatic rings. The number of pyridine rings is 1. The fraction of sp³-hybridized carbons (Fsp3) is 0.286. The number of nitrogens with zero attached hydrogens (tertiary/aromatic N) is 1. The lowest BCUT2D eigenvalue weighted by atomic mass is 10.0. The minimum atomic E-state index is -1.60. The molecule has 1 heterocycles. The van der Waals surface area contributed by atoms with Crippen LogP contribution >= 0.6 is 0 Å². The number of benzene rings is 1. The first kappa shape index (κ1) is 13.5. The molecule has 0 aliphatic heterocycles. The maximum Gasteiger partial charge on any atom is 0.338 e. The number of esters is 1. The van der Waals surface area contributed by atoms with E-state index < -0.39 is 18.2 Å². The Hall–Kier alpha value is -1.98. The molecule has 0 aliphatic carbocycles. The number of carbonyl (C=O) groups is 1. The molecule has 5 nitrogen and oxygen atoms in total. The molecule has 5 heteroatoms. The number of aromatic nitrogens is 1. The molecule has 2 atom stereocenters. The molecular weight excluding hydrogens is 246 g/mol. The van der Waals surface area contributed by atoms with E-state index >= 15 is 0 Å². The van der Waals surface area contributed by atoms with Crippen LogP contribution < -0.4 is 0 Å². The fourth-order valence-electron chi connectivity index (χ4n) is 1.81. The van der Waals surface area contributed by atoms with Crippen molar-refractivity contribution in [1.82, 2.24) is 4.98 Å². The highest BCUT2D eigenvalue weighted by Gasteiger charge is 2.27. The van der Waals surface area contributed by atoms with Crippen molar-refractivity contribution in [1.29, 1.82) is 0 Å². The van der Waals surface area contributed by atoms with Crippen LogP contribution in [0.1, 0.15) is 18.6 Å². The summed E-state index contributed by atoms with van der Waals surface area (Å²) in [7, 11) is 0. The summed E-state index contributed by atoms with van der Waals surface area (Å²) in [4.78, 5) is 15.5. The van der Waals surface area contributed by atoms with Gasteiger partial charge in [0.2, 0.25) is 0 Å². The van der Waals surface area contributed by atoms with Gasteiger partial charge in [-0.25, -0.2) is 4.79 Å². The monoisotopic (exact) mass is 261 g/mol. The Morgan fingerprint density at radius 2 is 2.16 bits per heavy atom. The van der Waals surface area contributed by atoms with Gasteiger partial charge < -0.3 is 14.9 Å². The molecule has 0 saturated heterocycles. The second kappa shape index (κ2) is 5.77. The van der Waals surface area contributed by atoms with Gasteiger partial charge in [-0.15, -0.1) is 0 Å². The Bertz CT molecular complexity index is 584. The van der Waals surface area contributed by atoms with Gasteiger partial charge in [0.15, 0.2) is 6.10 Å². The standard InChI is InChI=1S/C14H15NO4/c1-2-19-14(18)13(17)12(16)10-6-5-9-4-3-7-15-11(9)8-10/h3-8,12-13,16-17H,2H2,1H3. The van der Waals surface area contributed by atoms with Crippen LogP contribution in [0.2, 0.25) is 0 Å². The van der Waals surface area contributed by atoms with Gasteiger partial charge in [0.25, 0.3) is 0 Å². The Kier molecular flexibility index (Phi) is 4.09. The van der Waals surface area contributed by atoms with Crippen molar-refractivity contribution in [3.63, 3.8) is 0 Å². The lowest BCUT2D eigenvalue weighted by Crippen LogP contribution is -2.29. The van der Waals surface area contributed by atoms with E-state index in [1.165, 1.54) is 0 Å². The minimum Gasteiger partial charge on any atom is -0.464 e. The van der Waals surface area contributed by atoms with Crippen LogP contribution in [-0.2, 0) is 9.53 Å². The largest absolute Gasteiger partial charge is 0.464 e. The summed E-state index contributed by atoms with van der Waals surface area (Å²) >= 11 is 0. The summed E-state index contributed by atoms with van der Waals surface area (Å²) in [5.74, 6) is -0.837. The van der Waals surface area contributed by atoms with Crippen molar-refractivity contribution < 1.29 is 19.7 Å². The fourth-order valence-corrected chi connectivity index (χ4v) is 1.81. The van der Waals surface area contributed by atoms with Crippen molar-refractivity contribution in [3.05, 3.63) is 42.1 Å². The summed E-state index contributed by atoms with van der Waals surface area (Å²) in [6, 6.07) is 8.77. The lowest BCUT2D eigenvalue weighted by molar-refractivity contribution is -0.159. The summed E-state index contributed by atoms with van der Waals surface area (Å²) in [5, 5.41) is 20.6. The Labute approximate surface area is 110 Å². The topological polar surface area (TPSA) is 79.7 Å². The summed E-state index contributed by atoms with van der Waals surface area (Å²) < 4.78 is 4.67. The van der Waals surface area contributed by atoms with Crippen molar-refractivity contribution in [2.45, 2.75) is 19.1 Å². The molecule has 2 rings (SSSR count). The Balaban J connectivity index is 2.25.